The van der Waals surface area contributed by atoms with E-state index in [-0.39, 0.29) is 5.91 Å². The molecular formula is C31H45N3O5. The lowest BCUT2D eigenvalue weighted by atomic mass is 9.90. The second kappa shape index (κ2) is 12.6. The molecule has 3 amide bonds. The van der Waals surface area contributed by atoms with Gasteiger partial charge in [-0.05, 0) is 91.0 Å². The maximum Gasteiger partial charge on any atom is 0.408 e. The topological polar surface area (TPSA) is 108 Å². The number of aliphatic hydroxyl groups excluding tert-OH is 1. The molecule has 2 rings (SSSR count). The molecule has 0 fully saturated rings. The molecule has 0 saturated carbocycles. The highest BCUT2D eigenvalue weighted by Crippen LogP contribution is 2.35. The average molecular weight is 540 g/mol. The van der Waals surface area contributed by atoms with E-state index in [1.165, 1.54) is 4.90 Å². The van der Waals surface area contributed by atoms with Gasteiger partial charge in [-0.2, -0.15) is 0 Å². The van der Waals surface area contributed by atoms with Gasteiger partial charge < -0.3 is 25.4 Å². The Morgan fingerprint density at radius 1 is 0.949 bits per heavy atom. The van der Waals surface area contributed by atoms with Crippen molar-refractivity contribution in [2.24, 2.45) is 0 Å². The number of hydrogen-bond acceptors (Lipinski definition) is 5. The fourth-order valence-electron chi connectivity index (χ4n) is 4.48. The Morgan fingerprint density at radius 2 is 1.54 bits per heavy atom. The third-order valence-electron chi connectivity index (χ3n) is 6.88. The van der Waals surface area contributed by atoms with Crippen molar-refractivity contribution >= 4 is 23.6 Å². The summed E-state index contributed by atoms with van der Waals surface area (Å²) in [5, 5.41) is 15.8. The summed E-state index contributed by atoms with van der Waals surface area (Å²) in [4.78, 5) is 42.4. The van der Waals surface area contributed by atoms with Gasteiger partial charge in [-0.3, -0.25) is 9.59 Å². The minimum absolute atomic E-state index is 0.386. The van der Waals surface area contributed by atoms with Crippen molar-refractivity contribution in [1.29, 1.82) is 0 Å². The van der Waals surface area contributed by atoms with E-state index in [4.69, 9.17) is 4.74 Å². The van der Waals surface area contributed by atoms with Gasteiger partial charge in [0.05, 0.1) is 6.61 Å². The van der Waals surface area contributed by atoms with Crippen molar-refractivity contribution in [3.63, 3.8) is 0 Å². The second-order valence-electron chi connectivity index (χ2n) is 11.8. The predicted octanol–water partition coefficient (Wildman–Crippen LogP) is 5.50. The number of rotatable bonds is 9. The van der Waals surface area contributed by atoms with Crippen LogP contribution in [0.5, 0.6) is 0 Å². The minimum Gasteiger partial charge on any atom is -0.444 e. The number of aryl methyl sites for hydroxylation is 4. The fourth-order valence-corrected chi connectivity index (χ4v) is 4.48. The van der Waals surface area contributed by atoms with Crippen LogP contribution in [-0.2, 0) is 14.3 Å². The van der Waals surface area contributed by atoms with Crippen LogP contribution in [0.25, 0.3) is 0 Å². The Bertz CT molecular complexity index is 1180. The number of aliphatic hydroxyl groups is 1. The van der Waals surface area contributed by atoms with Crippen molar-refractivity contribution in [2.45, 2.75) is 98.9 Å². The van der Waals surface area contributed by atoms with Crippen LogP contribution in [0.3, 0.4) is 0 Å². The predicted molar refractivity (Wildman–Crippen MR) is 155 cm³/mol. The molecular weight excluding hydrogens is 494 g/mol. The van der Waals surface area contributed by atoms with Gasteiger partial charge in [0.15, 0.2) is 0 Å². The first kappa shape index (κ1) is 31.8. The smallest absolute Gasteiger partial charge is 0.408 e. The van der Waals surface area contributed by atoms with E-state index in [1.54, 1.807) is 20.8 Å². The van der Waals surface area contributed by atoms with Crippen LogP contribution in [0.15, 0.2) is 36.4 Å². The largest absolute Gasteiger partial charge is 0.444 e. The molecule has 3 N–H and O–H groups in total. The van der Waals surface area contributed by atoms with E-state index >= 15 is 0 Å². The van der Waals surface area contributed by atoms with Crippen LogP contribution in [-0.4, -0.2) is 51.7 Å². The van der Waals surface area contributed by atoms with E-state index in [0.717, 1.165) is 22.3 Å². The van der Waals surface area contributed by atoms with Gasteiger partial charge in [0, 0.05) is 11.2 Å². The molecule has 8 heteroatoms. The van der Waals surface area contributed by atoms with Crippen LogP contribution in [0.2, 0.25) is 0 Å². The summed E-state index contributed by atoms with van der Waals surface area (Å²) in [6.07, 6.45) is -0.311. The molecule has 214 valence electrons. The number of anilines is 1. The summed E-state index contributed by atoms with van der Waals surface area (Å²) in [5.74, 6) is -0.972. The molecule has 0 aliphatic carbocycles. The summed E-state index contributed by atoms with van der Waals surface area (Å²) in [6.45, 7) is 17.9. The highest BCUT2D eigenvalue weighted by molar-refractivity contribution is 6.00. The molecule has 0 aliphatic rings. The average Bonchev–Trinajstić information content (AvgIpc) is 2.82. The molecule has 2 aromatic carbocycles. The molecule has 0 aromatic heterocycles. The fraction of sp³-hybridized carbons (Fsp3) is 0.516. The van der Waals surface area contributed by atoms with Gasteiger partial charge in [-0.1, -0.05) is 48.9 Å². The number of nitrogens with zero attached hydrogens (tertiary/aromatic N) is 1. The van der Waals surface area contributed by atoms with E-state index in [0.29, 0.717) is 17.7 Å². The number of carbonyl (C=O) groups excluding carboxylic acids is 3. The number of ether oxygens (including phenoxy) is 1. The molecule has 0 aliphatic heterocycles. The number of hydrogen-bond donors (Lipinski definition) is 3. The lowest BCUT2D eigenvalue weighted by molar-refractivity contribution is -0.148. The van der Waals surface area contributed by atoms with Crippen LogP contribution in [0, 0.1) is 27.7 Å². The molecule has 2 aromatic rings. The Morgan fingerprint density at radius 3 is 2.03 bits per heavy atom. The Labute approximate surface area is 233 Å². The van der Waals surface area contributed by atoms with Crippen molar-refractivity contribution in [1.82, 2.24) is 10.2 Å². The van der Waals surface area contributed by atoms with Gasteiger partial charge in [0.2, 0.25) is 5.91 Å². The maximum atomic E-state index is 14.2. The molecule has 0 radical (unpaired) electrons. The second-order valence-corrected chi connectivity index (χ2v) is 11.8. The maximum absolute atomic E-state index is 14.2. The van der Waals surface area contributed by atoms with Crippen molar-refractivity contribution in [3.05, 3.63) is 64.2 Å². The number of carbonyl (C=O) groups is 3. The number of alkyl carbamates (subject to hydrolysis) is 1. The van der Waals surface area contributed by atoms with E-state index in [9.17, 15) is 19.5 Å². The molecule has 39 heavy (non-hydrogen) atoms. The van der Waals surface area contributed by atoms with Crippen molar-refractivity contribution in [2.75, 3.05) is 11.9 Å². The van der Waals surface area contributed by atoms with Gasteiger partial charge in [0.25, 0.3) is 5.91 Å². The number of amides is 3. The van der Waals surface area contributed by atoms with Crippen LogP contribution < -0.4 is 10.6 Å². The highest BCUT2D eigenvalue weighted by atomic mass is 16.6. The summed E-state index contributed by atoms with van der Waals surface area (Å²) in [5.41, 5.74) is 3.41. The quantitative estimate of drug-likeness (QED) is 0.390. The minimum atomic E-state index is -1.31. The molecule has 0 heterocycles. The van der Waals surface area contributed by atoms with E-state index in [1.807, 2.05) is 84.9 Å². The van der Waals surface area contributed by atoms with Crippen LogP contribution >= 0.6 is 0 Å². The first-order valence-electron chi connectivity index (χ1n) is 13.4. The molecule has 2 atom stereocenters. The standard InChI is InChI=1S/C31H45N3O5/c1-11-31(9,10)34(28(37)24(18-35)32-29(38)39-30(6,7)8)26(23-16-15-19(2)17-22(23)5)27(36)33-25-20(3)13-12-14-21(25)4/h12-17,24,26,35H,11,18H2,1-10H3,(H,32,38)(H,33,36). The summed E-state index contributed by atoms with van der Waals surface area (Å²) < 4.78 is 5.33. The zero-order valence-electron chi connectivity index (χ0n) is 25.1. The number of benzene rings is 2. The summed E-state index contributed by atoms with van der Waals surface area (Å²) >= 11 is 0. The lowest BCUT2D eigenvalue weighted by Crippen LogP contribution is -2.59. The first-order chi connectivity index (χ1) is 18.0. The lowest BCUT2D eigenvalue weighted by Gasteiger charge is -2.44. The number of para-hydroxylation sites is 1. The zero-order chi connectivity index (χ0) is 29.7. The van der Waals surface area contributed by atoms with Crippen molar-refractivity contribution in [3.8, 4) is 0 Å². The van der Waals surface area contributed by atoms with E-state index in [2.05, 4.69) is 10.6 Å². The first-order valence-corrected chi connectivity index (χ1v) is 13.4. The van der Waals surface area contributed by atoms with Gasteiger partial charge in [-0.15, -0.1) is 0 Å². The molecule has 8 nitrogen and oxygen atoms in total. The summed E-state index contributed by atoms with van der Waals surface area (Å²) in [6, 6.07) is 9.14. The van der Waals surface area contributed by atoms with Crippen LogP contribution in [0.1, 0.15) is 81.8 Å². The molecule has 0 saturated heterocycles. The summed E-state index contributed by atoms with van der Waals surface area (Å²) in [7, 11) is 0. The monoisotopic (exact) mass is 539 g/mol. The number of nitrogens with one attached hydrogen (secondary N) is 2. The third-order valence-corrected chi connectivity index (χ3v) is 6.88. The molecule has 0 spiro atoms. The Balaban J connectivity index is 2.68. The molecule has 2 unspecified atom stereocenters. The van der Waals surface area contributed by atoms with Crippen LogP contribution in [0.4, 0.5) is 10.5 Å². The highest BCUT2D eigenvalue weighted by Gasteiger charge is 2.43. The normalized spacial score (nSPS) is 13.3. The van der Waals surface area contributed by atoms with E-state index < -0.39 is 41.8 Å². The molecule has 0 bridgehead atoms. The Kier molecular flexibility index (Phi) is 10.3. The van der Waals surface area contributed by atoms with Crippen molar-refractivity contribution < 1.29 is 24.2 Å². The zero-order valence-corrected chi connectivity index (χ0v) is 25.1. The van der Waals surface area contributed by atoms with Gasteiger partial charge >= 0.3 is 6.09 Å². The Hall–Kier alpha value is -3.39. The SMILES string of the molecule is CCC(C)(C)N(C(=O)C(CO)NC(=O)OC(C)(C)C)C(C(=O)Nc1c(C)cccc1C)c1ccc(C)cc1C. The van der Waals surface area contributed by atoms with Gasteiger partial charge in [0.1, 0.15) is 17.7 Å². The third kappa shape index (κ3) is 8.05. The van der Waals surface area contributed by atoms with Gasteiger partial charge in [-0.25, -0.2) is 4.79 Å².